The quantitative estimate of drug-likeness (QED) is 0.407. The van der Waals surface area contributed by atoms with Gasteiger partial charge in [0, 0.05) is 11.6 Å². The van der Waals surface area contributed by atoms with Crippen molar-refractivity contribution in [2.24, 2.45) is 0 Å². The highest BCUT2D eigenvalue weighted by molar-refractivity contribution is 6.32. The molecule has 32 heavy (non-hydrogen) atoms. The van der Waals surface area contributed by atoms with Crippen molar-refractivity contribution in [1.82, 2.24) is 25.1 Å². The lowest BCUT2D eigenvalue weighted by Crippen LogP contribution is -2.03. The monoisotopic (exact) mass is 457 g/mol. The second-order valence-corrected chi connectivity index (χ2v) is 6.99. The Morgan fingerprint density at radius 1 is 0.875 bits per heavy atom. The van der Waals surface area contributed by atoms with Crippen LogP contribution in [-0.2, 0) is 0 Å². The van der Waals surface area contributed by atoms with Crippen LogP contribution in [-0.4, -0.2) is 53.6 Å². The maximum Gasteiger partial charge on any atom is 0.280 e. The fourth-order valence-electron chi connectivity index (χ4n) is 3.18. The van der Waals surface area contributed by atoms with Crippen LogP contribution in [0.1, 0.15) is 5.69 Å². The number of nitrogens with zero attached hydrogens (tertiary/aromatic N) is 5. The molecular formula is C21H20ClN5O5. The van der Waals surface area contributed by atoms with E-state index in [1.807, 2.05) is 13.0 Å². The Kier molecular flexibility index (Phi) is 5.87. The lowest BCUT2D eigenvalue weighted by Gasteiger charge is -2.12. The predicted octanol–water partition coefficient (Wildman–Crippen LogP) is 3.98. The van der Waals surface area contributed by atoms with Gasteiger partial charge in [-0.1, -0.05) is 22.0 Å². The molecule has 0 fully saturated rings. The SMILES string of the molecule is COc1cc(OC)c(-n2nnc(-c3nc(-c4ccc(OC)c(OC)c4)no3)c2C)cc1Cl. The van der Waals surface area contributed by atoms with E-state index in [4.69, 9.17) is 35.1 Å². The van der Waals surface area contributed by atoms with Gasteiger partial charge in [-0.3, -0.25) is 0 Å². The normalized spacial score (nSPS) is 10.8. The summed E-state index contributed by atoms with van der Waals surface area (Å²) in [5.41, 5.74) is 2.38. The molecule has 0 radical (unpaired) electrons. The summed E-state index contributed by atoms with van der Waals surface area (Å²) in [7, 11) is 6.21. The number of methoxy groups -OCH3 is 4. The fourth-order valence-corrected chi connectivity index (χ4v) is 3.41. The predicted molar refractivity (Wildman–Crippen MR) is 116 cm³/mol. The minimum absolute atomic E-state index is 0.220. The van der Waals surface area contributed by atoms with E-state index in [9.17, 15) is 0 Å². The van der Waals surface area contributed by atoms with E-state index >= 15 is 0 Å². The molecule has 4 aromatic rings. The first-order valence-corrected chi connectivity index (χ1v) is 9.79. The Hall–Kier alpha value is -3.79. The second kappa shape index (κ2) is 8.75. The summed E-state index contributed by atoms with van der Waals surface area (Å²) in [5.74, 6) is 2.76. The standard InChI is InChI=1S/C21H20ClN5O5/c1-11-19(24-26-27(11)14-9-13(22)16(29-3)10-17(14)30-4)21-23-20(25-32-21)12-6-7-15(28-2)18(8-12)31-5/h6-10H,1-5H3. The fraction of sp³-hybridized carbons (Fsp3) is 0.238. The van der Waals surface area contributed by atoms with E-state index in [1.165, 1.54) is 7.11 Å². The molecule has 0 unspecified atom stereocenters. The molecule has 10 nitrogen and oxygen atoms in total. The zero-order valence-electron chi connectivity index (χ0n) is 18.0. The van der Waals surface area contributed by atoms with Crippen LogP contribution in [0.25, 0.3) is 28.7 Å². The van der Waals surface area contributed by atoms with E-state index in [-0.39, 0.29) is 5.89 Å². The molecule has 0 spiro atoms. The molecule has 0 atom stereocenters. The topological polar surface area (TPSA) is 107 Å². The van der Waals surface area contributed by atoms with Crippen molar-refractivity contribution in [3.8, 4) is 51.7 Å². The van der Waals surface area contributed by atoms with Crippen molar-refractivity contribution in [3.05, 3.63) is 41.0 Å². The van der Waals surface area contributed by atoms with E-state index < -0.39 is 0 Å². The number of aromatic nitrogens is 5. The molecule has 0 aliphatic rings. The highest BCUT2D eigenvalue weighted by Gasteiger charge is 2.22. The van der Waals surface area contributed by atoms with Crippen molar-refractivity contribution in [3.63, 3.8) is 0 Å². The maximum atomic E-state index is 6.30. The van der Waals surface area contributed by atoms with Crippen LogP contribution in [0.4, 0.5) is 0 Å². The third-order valence-corrected chi connectivity index (χ3v) is 5.14. The van der Waals surface area contributed by atoms with Crippen molar-refractivity contribution in [2.45, 2.75) is 6.92 Å². The van der Waals surface area contributed by atoms with Gasteiger partial charge < -0.3 is 23.5 Å². The third-order valence-electron chi connectivity index (χ3n) is 4.85. The molecule has 0 aliphatic carbocycles. The molecule has 2 aromatic carbocycles. The molecule has 0 aliphatic heterocycles. The number of hydrogen-bond acceptors (Lipinski definition) is 9. The Morgan fingerprint density at radius 2 is 1.59 bits per heavy atom. The third kappa shape index (κ3) is 3.69. The summed E-state index contributed by atoms with van der Waals surface area (Å²) in [6.45, 7) is 1.83. The summed E-state index contributed by atoms with van der Waals surface area (Å²) in [6, 6.07) is 8.71. The average molecular weight is 458 g/mol. The van der Waals surface area contributed by atoms with Gasteiger partial charge in [-0.25, -0.2) is 4.68 Å². The van der Waals surface area contributed by atoms with Gasteiger partial charge in [0.25, 0.3) is 5.89 Å². The summed E-state index contributed by atoms with van der Waals surface area (Å²) >= 11 is 6.30. The molecule has 11 heteroatoms. The first-order chi connectivity index (χ1) is 15.5. The number of hydrogen-bond donors (Lipinski definition) is 0. The van der Waals surface area contributed by atoms with E-state index in [0.29, 0.717) is 56.5 Å². The summed E-state index contributed by atoms with van der Waals surface area (Å²) in [5, 5.41) is 12.9. The first-order valence-electron chi connectivity index (χ1n) is 9.41. The van der Waals surface area contributed by atoms with Crippen molar-refractivity contribution in [2.75, 3.05) is 28.4 Å². The van der Waals surface area contributed by atoms with Gasteiger partial charge in [0.15, 0.2) is 17.2 Å². The first kappa shape index (κ1) is 21.4. The lowest BCUT2D eigenvalue weighted by molar-refractivity contribution is 0.355. The zero-order valence-corrected chi connectivity index (χ0v) is 18.8. The van der Waals surface area contributed by atoms with Gasteiger partial charge in [-0.15, -0.1) is 5.10 Å². The van der Waals surface area contributed by atoms with E-state index in [2.05, 4.69) is 20.5 Å². The lowest BCUT2D eigenvalue weighted by atomic mass is 10.2. The zero-order chi connectivity index (χ0) is 22.8. The minimum atomic E-state index is 0.220. The molecule has 2 heterocycles. The van der Waals surface area contributed by atoms with Gasteiger partial charge in [0.2, 0.25) is 5.82 Å². The summed E-state index contributed by atoms with van der Waals surface area (Å²) < 4.78 is 28.4. The maximum absolute atomic E-state index is 6.30. The molecule has 0 N–H and O–H groups in total. The van der Waals surface area contributed by atoms with E-state index in [1.54, 1.807) is 50.3 Å². The Morgan fingerprint density at radius 3 is 2.28 bits per heavy atom. The number of benzene rings is 2. The molecule has 0 bridgehead atoms. The minimum Gasteiger partial charge on any atom is -0.495 e. The molecule has 0 saturated carbocycles. The Labute approximate surface area is 188 Å². The summed E-state index contributed by atoms with van der Waals surface area (Å²) in [6.07, 6.45) is 0. The van der Waals surface area contributed by atoms with Gasteiger partial charge in [-0.2, -0.15) is 4.98 Å². The molecule has 166 valence electrons. The number of rotatable bonds is 7. The Bertz CT molecular complexity index is 1270. The van der Waals surface area contributed by atoms with Crippen LogP contribution in [0.15, 0.2) is 34.9 Å². The van der Waals surface area contributed by atoms with Gasteiger partial charge in [-0.05, 0) is 31.2 Å². The Balaban J connectivity index is 1.72. The van der Waals surface area contributed by atoms with Gasteiger partial charge in [0.1, 0.15) is 17.2 Å². The molecule has 0 amide bonds. The summed E-state index contributed by atoms with van der Waals surface area (Å²) in [4.78, 5) is 4.47. The number of halogens is 1. The smallest absolute Gasteiger partial charge is 0.280 e. The van der Waals surface area contributed by atoms with Crippen molar-refractivity contribution >= 4 is 11.6 Å². The second-order valence-electron chi connectivity index (χ2n) is 6.59. The molecule has 2 aromatic heterocycles. The highest BCUT2D eigenvalue weighted by atomic mass is 35.5. The largest absolute Gasteiger partial charge is 0.495 e. The van der Waals surface area contributed by atoms with Crippen LogP contribution in [0, 0.1) is 6.92 Å². The molecule has 4 rings (SSSR count). The number of ether oxygens (including phenoxy) is 4. The van der Waals surface area contributed by atoms with E-state index in [0.717, 1.165) is 0 Å². The highest BCUT2D eigenvalue weighted by Crippen LogP contribution is 2.36. The van der Waals surface area contributed by atoms with Crippen molar-refractivity contribution in [1.29, 1.82) is 0 Å². The van der Waals surface area contributed by atoms with Crippen LogP contribution in [0.5, 0.6) is 23.0 Å². The van der Waals surface area contributed by atoms with Crippen LogP contribution in [0.3, 0.4) is 0 Å². The van der Waals surface area contributed by atoms with Gasteiger partial charge in [0.05, 0.1) is 39.2 Å². The molecule has 0 saturated heterocycles. The van der Waals surface area contributed by atoms with Crippen LogP contribution >= 0.6 is 11.6 Å². The van der Waals surface area contributed by atoms with Crippen molar-refractivity contribution < 1.29 is 23.5 Å². The van der Waals surface area contributed by atoms with Crippen LogP contribution < -0.4 is 18.9 Å². The van der Waals surface area contributed by atoms with Crippen LogP contribution in [0.2, 0.25) is 5.02 Å². The average Bonchev–Trinajstić information content (AvgIpc) is 3.45. The van der Waals surface area contributed by atoms with Gasteiger partial charge >= 0.3 is 0 Å². The molecular weight excluding hydrogens is 438 g/mol.